The van der Waals surface area contributed by atoms with Crippen molar-refractivity contribution < 1.29 is 4.79 Å². The Kier molecular flexibility index (Phi) is 6.96. The van der Waals surface area contributed by atoms with Crippen molar-refractivity contribution >= 4 is 6.03 Å². The molecule has 5 heteroatoms. The summed E-state index contributed by atoms with van der Waals surface area (Å²) >= 11 is 0. The molecule has 1 rings (SSSR count). The lowest BCUT2D eigenvalue weighted by Gasteiger charge is -2.34. The van der Waals surface area contributed by atoms with Gasteiger partial charge in [0.2, 0.25) is 0 Å². The van der Waals surface area contributed by atoms with Gasteiger partial charge in [0.1, 0.15) is 0 Å². The molecule has 1 heterocycles. The van der Waals surface area contributed by atoms with Gasteiger partial charge in [0.15, 0.2) is 0 Å². The van der Waals surface area contributed by atoms with Crippen LogP contribution in [0, 0.1) is 0 Å². The van der Waals surface area contributed by atoms with Crippen LogP contribution in [-0.4, -0.2) is 61.6 Å². The molecule has 17 heavy (non-hydrogen) atoms. The van der Waals surface area contributed by atoms with E-state index in [4.69, 9.17) is 5.73 Å². The van der Waals surface area contributed by atoms with Crippen molar-refractivity contribution in [3.8, 4) is 0 Å². The van der Waals surface area contributed by atoms with E-state index < -0.39 is 0 Å². The van der Waals surface area contributed by atoms with Gasteiger partial charge in [-0.15, -0.1) is 0 Å². The fourth-order valence-corrected chi connectivity index (χ4v) is 1.97. The van der Waals surface area contributed by atoms with Crippen molar-refractivity contribution in [3.05, 3.63) is 0 Å². The molecule has 0 radical (unpaired) electrons. The lowest BCUT2D eigenvalue weighted by Crippen LogP contribution is -2.52. The zero-order valence-electron chi connectivity index (χ0n) is 11.0. The predicted molar refractivity (Wildman–Crippen MR) is 70.0 cm³/mol. The molecule has 0 atom stereocenters. The Hall–Kier alpha value is -0.810. The standard InChI is InChI=1S/C12H26N4O/c1-2-3-6-14-12(17)16-10-8-15(9-11-16)7-4-5-13/h2-11,13H2,1H3,(H,14,17). The van der Waals surface area contributed by atoms with Crippen LogP contribution >= 0.6 is 0 Å². The van der Waals surface area contributed by atoms with Gasteiger partial charge in [-0.3, -0.25) is 4.90 Å². The number of nitrogens with one attached hydrogen (secondary N) is 1. The smallest absolute Gasteiger partial charge is 0.317 e. The average Bonchev–Trinajstić information content (AvgIpc) is 2.37. The molecular weight excluding hydrogens is 216 g/mol. The second-order valence-corrected chi connectivity index (χ2v) is 4.56. The molecule has 0 aromatic heterocycles. The minimum Gasteiger partial charge on any atom is -0.338 e. The Morgan fingerprint density at radius 3 is 2.53 bits per heavy atom. The summed E-state index contributed by atoms with van der Waals surface area (Å²) in [5.41, 5.74) is 5.49. The molecule has 0 aromatic rings. The number of hydrogen-bond acceptors (Lipinski definition) is 3. The predicted octanol–water partition coefficient (Wildman–Crippen LogP) is 0.463. The normalized spacial score (nSPS) is 17.2. The molecule has 0 bridgehead atoms. The van der Waals surface area contributed by atoms with Crippen LogP contribution in [0.15, 0.2) is 0 Å². The highest BCUT2D eigenvalue weighted by molar-refractivity contribution is 5.74. The van der Waals surface area contributed by atoms with E-state index >= 15 is 0 Å². The number of amides is 2. The number of unbranched alkanes of at least 4 members (excludes halogenated alkanes) is 1. The summed E-state index contributed by atoms with van der Waals surface area (Å²) in [5.74, 6) is 0. The van der Waals surface area contributed by atoms with Crippen LogP contribution in [0.3, 0.4) is 0 Å². The number of hydrogen-bond donors (Lipinski definition) is 2. The number of nitrogens with two attached hydrogens (primary N) is 1. The van der Waals surface area contributed by atoms with Crippen molar-refractivity contribution in [1.82, 2.24) is 15.1 Å². The minimum absolute atomic E-state index is 0.0944. The van der Waals surface area contributed by atoms with E-state index in [1.54, 1.807) is 0 Å². The average molecular weight is 242 g/mol. The highest BCUT2D eigenvalue weighted by atomic mass is 16.2. The Balaban J connectivity index is 2.15. The van der Waals surface area contributed by atoms with Gasteiger partial charge in [-0.25, -0.2) is 4.79 Å². The largest absolute Gasteiger partial charge is 0.338 e. The summed E-state index contributed by atoms with van der Waals surface area (Å²) in [7, 11) is 0. The molecule has 2 amide bonds. The summed E-state index contributed by atoms with van der Waals surface area (Å²) in [4.78, 5) is 16.1. The van der Waals surface area contributed by atoms with E-state index in [1.165, 1.54) is 0 Å². The fourth-order valence-electron chi connectivity index (χ4n) is 1.97. The van der Waals surface area contributed by atoms with E-state index in [2.05, 4.69) is 17.1 Å². The first kappa shape index (κ1) is 14.3. The second-order valence-electron chi connectivity index (χ2n) is 4.56. The number of rotatable bonds is 6. The summed E-state index contributed by atoms with van der Waals surface area (Å²) < 4.78 is 0. The zero-order chi connectivity index (χ0) is 12.5. The SMILES string of the molecule is CCCCNC(=O)N1CCN(CCCN)CC1. The summed E-state index contributed by atoms with van der Waals surface area (Å²) in [6.45, 7) is 8.35. The third-order valence-corrected chi connectivity index (χ3v) is 3.14. The first-order valence-electron chi connectivity index (χ1n) is 6.73. The minimum atomic E-state index is 0.0944. The van der Waals surface area contributed by atoms with Gasteiger partial charge < -0.3 is 16.0 Å². The van der Waals surface area contributed by atoms with Gasteiger partial charge in [0.05, 0.1) is 0 Å². The maximum absolute atomic E-state index is 11.8. The van der Waals surface area contributed by atoms with E-state index in [0.29, 0.717) is 0 Å². The summed E-state index contributed by atoms with van der Waals surface area (Å²) in [5, 5.41) is 2.96. The van der Waals surface area contributed by atoms with Crippen molar-refractivity contribution in [3.63, 3.8) is 0 Å². The zero-order valence-corrected chi connectivity index (χ0v) is 11.0. The molecular formula is C12H26N4O. The number of carbonyl (C=O) groups excluding carboxylic acids is 1. The third-order valence-electron chi connectivity index (χ3n) is 3.14. The lowest BCUT2D eigenvalue weighted by molar-refractivity contribution is 0.139. The first-order chi connectivity index (χ1) is 8.27. The van der Waals surface area contributed by atoms with Gasteiger partial charge in [-0.2, -0.15) is 0 Å². The van der Waals surface area contributed by atoms with Gasteiger partial charge in [-0.1, -0.05) is 13.3 Å². The highest BCUT2D eigenvalue weighted by Crippen LogP contribution is 2.02. The van der Waals surface area contributed by atoms with Crippen molar-refractivity contribution in [2.75, 3.05) is 45.8 Å². The summed E-state index contributed by atoms with van der Waals surface area (Å²) in [6, 6.07) is 0.0944. The molecule has 1 fully saturated rings. The Labute approximate surface area is 104 Å². The summed E-state index contributed by atoms with van der Waals surface area (Å²) in [6.07, 6.45) is 3.22. The van der Waals surface area contributed by atoms with Crippen LogP contribution in [0.5, 0.6) is 0 Å². The van der Waals surface area contributed by atoms with E-state index in [9.17, 15) is 4.79 Å². The molecule has 5 nitrogen and oxygen atoms in total. The van der Waals surface area contributed by atoms with Gasteiger partial charge in [-0.05, 0) is 25.9 Å². The quantitative estimate of drug-likeness (QED) is 0.665. The second kappa shape index (κ2) is 8.31. The van der Waals surface area contributed by atoms with E-state index in [1.807, 2.05) is 4.90 Å². The molecule has 0 aliphatic carbocycles. The maximum Gasteiger partial charge on any atom is 0.317 e. The molecule has 1 aliphatic heterocycles. The van der Waals surface area contributed by atoms with Gasteiger partial charge >= 0.3 is 6.03 Å². The first-order valence-corrected chi connectivity index (χ1v) is 6.73. The number of urea groups is 1. The topological polar surface area (TPSA) is 61.6 Å². The Bertz CT molecular complexity index is 215. The van der Waals surface area contributed by atoms with Crippen LogP contribution in [-0.2, 0) is 0 Å². The van der Waals surface area contributed by atoms with Crippen molar-refractivity contribution in [2.24, 2.45) is 5.73 Å². The van der Waals surface area contributed by atoms with Crippen LogP contribution in [0.25, 0.3) is 0 Å². The van der Waals surface area contributed by atoms with Crippen LogP contribution in [0.2, 0.25) is 0 Å². The van der Waals surface area contributed by atoms with Gasteiger partial charge in [0.25, 0.3) is 0 Å². The third kappa shape index (κ3) is 5.37. The molecule has 0 spiro atoms. The monoisotopic (exact) mass is 242 g/mol. The molecule has 1 saturated heterocycles. The molecule has 0 saturated carbocycles. The van der Waals surface area contributed by atoms with Crippen molar-refractivity contribution in [2.45, 2.75) is 26.2 Å². The number of carbonyl (C=O) groups is 1. The van der Waals surface area contributed by atoms with E-state index in [0.717, 1.165) is 65.1 Å². The fraction of sp³-hybridized carbons (Fsp3) is 0.917. The van der Waals surface area contributed by atoms with E-state index in [-0.39, 0.29) is 6.03 Å². The highest BCUT2D eigenvalue weighted by Gasteiger charge is 2.19. The van der Waals surface area contributed by atoms with Crippen molar-refractivity contribution in [1.29, 1.82) is 0 Å². The van der Waals surface area contributed by atoms with Gasteiger partial charge in [0, 0.05) is 32.7 Å². The molecule has 0 aromatic carbocycles. The number of nitrogens with zero attached hydrogens (tertiary/aromatic N) is 2. The number of piperazine rings is 1. The van der Waals surface area contributed by atoms with Crippen LogP contribution < -0.4 is 11.1 Å². The molecule has 100 valence electrons. The maximum atomic E-state index is 11.8. The Morgan fingerprint density at radius 2 is 1.94 bits per heavy atom. The van der Waals surface area contributed by atoms with Crippen LogP contribution in [0.4, 0.5) is 4.79 Å². The lowest BCUT2D eigenvalue weighted by atomic mass is 10.3. The molecule has 3 N–H and O–H groups in total. The molecule has 1 aliphatic rings. The Morgan fingerprint density at radius 1 is 1.24 bits per heavy atom. The van der Waals surface area contributed by atoms with Crippen LogP contribution in [0.1, 0.15) is 26.2 Å². The molecule has 0 unspecified atom stereocenters.